The molecule has 9 nitrogen and oxygen atoms in total. The molecular formula is C19H30N4O5. The predicted octanol–water partition coefficient (Wildman–Crippen LogP) is 3.52. The number of hydrogen-bond acceptors (Lipinski definition) is 6. The van der Waals surface area contributed by atoms with Crippen LogP contribution in [-0.2, 0) is 4.74 Å². The minimum Gasteiger partial charge on any atom is -0.444 e. The van der Waals surface area contributed by atoms with E-state index in [4.69, 9.17) is 10.5 Å². The van der Waals surface area contributed by atoms with Crippen molar-refractivity contribution in [1.82, 2.24) is 5.32 Å². The van der Waals surface area contributed by atoms with Crippen molar-refractivity contribution in [3.63, 3.8) is 0 Å². The van der Waals surface area contributed by atoms with Gasteiger partial charge >= 0.3 is 6.09 Å². The molecule has 0 aromatic heterocycles. The summed E-state index contributed by atoms with van der Waals surface area (Å²) in [4.78, 5) is 33.3. The number of primary amides is 1. The van der Waals surface area contributed by atoms with Crippen LogP contribution >= 0.6 is 0 Å². The summed E-state index contributed by atoms with van der Waals surface area (Å²) in [6.07, 6.45) is 2.88. The van der Waals surface area contributed by atoms with Crippen molar-refractivity contribution < 1.29 is 19.2 Å². The van der Waals surface area contributed by atoms with Gasteiger partial charge in [-0.15, -0.1) is 0 Å². The Morgan fingerprint density at radius 3 is 2.29 bits per heavy atom. The third kappa shape index (κ3) is 9.02. The summed E-state index contributed by atoms with van der Waals surface area (Å²) >= 11 is 0. The highest BCUT2D eigenvalue weighted by molar-refractivity contribution is 5.95. The molecule has 0 aliphatic rings. The van der Waals surface area contributed by atoms with E-state index in [0.717, 1.165) is 6.07 Å². The number of aryl methyl sites for hydroxylation is 1. The number of nitrogens with two attached hydrogens (primary N) is 1. The summed E-state index contributed by atoms with van der Waals surface area (Å²) in [5.74, 6) is -0.726. The number of carbonyl (C=O) groups is 2. The van der Waals surface area contributed by atoms with Gasteiger partial charge in [0.25, 0.3) is 5.69 Å². The van der Waals surface area contributed by atoms with Gasteiger partial charge < -0.3 is 21.1 Å². The maximum absolute atomic E-state index is 11.5. The quantitative estimate of drug-likeness (QED) is 0.368. The number of nitrogens with zero attached hydrogens (tertiary/aromatic N) is 1. The summed E-state index contributed by atoms with van der Waals surface area (Å²) < 4.78 is 5.09. The SMILES string of the molecule is CC.Cc1cc(C(N)=O)cc([N+](=O)[O-])c1NC/C=C/CNC(=O)OC(C)(C)C. The largest absolute Gasteiger partial charge is 0.444 e. The minimum absolute atomic E-state index is 0.0804. The summed E-state index contributed by atoms with van der Waals surface area (Å²) in [6.45, 7) is 11.5. The van der Waals surface area contributed by atoms with Gasteiger partial charge in [-0.3, -0.25) is 14.9 Å². The first kappa shape index (κ1) is 24.9. The van der Waals surface area contributed by atoms with Gasteiger partial charge in [0.2, 0.25) is 5.91 Å². The molecule has 1 rings (SSSR count). The standard InChI is InChI=1S/C17H24N4O5.C2H6/c1-11-9-12(15(18)22)10-13(21(24)25)14(11)19-7-5-6-8-20-16(23)26-17(2,3)4;1-2/h5-6,9-10,19H,7-8H2,1-4H3,(H2,18,22)(H,20,23);1-2H3/b6-5+;. The predicted molar refractivity (Wildman–Crippen MR) is 110 cm³/mol. The second-order valence-corrected chi connectivity index (χ2v) is 6.54. The molecule has 2 amide bonds. The molecule has 28 heavy (non-hydrogen) atoms. The van der Waals surface area contributed by atoms with E-state index in [2.05, 4.69) is 10.6 Å². The highest BCUT2D eigenvalue weighted by Gasteiger charge is 2.19. The Balaban J connectivity index is 0.00000352. The number of ether oxygens (including phenoxy) is 1. The fourth-order valence-corrected chi connectivity index (χ4v) is 2.07. The normalized spacial score (nSPS) is 10.6. The van der Waals surface area contributed by atoms with Gasteiger partial charge in [0.15, 0.2) is 0 Å². The van der Waals surface area contributed by atoms with Crippen LogP contribution in [-0.4, -0.2) is 35.6 Å². The molecule has 0 aliphatic heterocycles. The molecule has 0 saturated heterocycles. The lowest BCUT2D eigenvalue weighted by Gasteiger charge is -2.19. The first-order valence-electron chi connectivity index (χ1n) is 8.96. The van der Waals surface area contributed by atoms with Crippen LogP contribution in [0.1, 0.15) is 50.5 Å². The Kier molecular flexibility index (Phi) is 10.3. The van der Waals surface area contributed by atoms with Gasteiger partial charge in [-0.05, 0) is 39.3 Å². The second kappa shape index (κ2) is 11.6. The fourth-order valence-electron chi connectivity index (χ4n) is 2.07. The van der Waals surface area contributed by atoms with Crippen molar-refractivity contribution >= 4 is 23.4 Å². The van der Waals surface area contributed by atoms with Gasteiger partial charge in [0.05, 0.1) is 4.92 Å². The van der Waals surface area contributed by atoms with Gasteiger partial charge in [-0.1, -0.05) is 26.0 Å². The van der Waals surface area contributed by atoms with Crippen LogP contribution in [0.4, 0.5) is 16.2 Å². The number of hydrogen-bond donors (Lipinski definition) is 3. The monoisotopic (exact) mass is 394 g/mol. The van der Waals surface area contributed by atoms with Gasteiger partial charge in [-0.25, -0.2) is 4.79 Å². The summed E-state index contributed by atoms with van der Waals surface area (Å²) in [5, 5.41) is 16.7. The number of benzene rings is 1. The van der Waals surface area contributed by atoms with E-state index < -0.39 is 22.5 Å². The van der Waals surface area contributed by atoms with Crippen molar-refractivity contribution in [2.75, 3.05) is 18.4 Å². The number of nitrogens with one attached hydrogen (secondary N) is 2. The van der Waals surface area contributed by atoms with E-state index in [1.54, 1.807) is 39.8 Å². The average molecular weight is 394 g/mol. The van der Waals surface area contributed by atoms with Crippen LogP contribution in [0.25, 0.3) is 0 Å². The lowest BCUT2D eigenvalue weighted by Crippen LogP contribution is -2.32. The smallest absolute Gasteiger partial charge is 0.407 e. The van der Waals surface area contributed by atoms with E-state index in [-0.39, 0.29) is 17.8 Å². The van der Waals surface area contributed by atoms with E-state index in [0.29, 0.717) is 17.8 Å². The number of carbonyl (C=O) groups excluding carboxylic acids is 2. The summed E-state index contributed by atoms with van der Waals surface area (Å²) in [5.41, 5.74) is 5.32. The minimum atomic E-state index is -0.726. The van der Waals surface area contributed by atoms with Crippen LogP contribution in [0, 0.1) is 17.0 Å². The summed E-state index contributed by atoms with van der Waals surface area (Å²) in [7, 11) is 0. The molecule has 1 aromatic carbocycles. The Hall–Kier alpha value is -3.10. The number of amides is 2. The maximum atomic E-state index is 11.5. The zero-order chi connectivity index (χ0) is 21.9. The molecule has 0 bridgehead atoms. The van der Waals surface area contributed by atoms with Crippen molar-refractivity contribution in [3.8, 4) is 0 Å². The van der Waals surface area contributed by atoms with Crippen molar-refractivity contribution in [3.05, 3.63) is 45.5 Å². The Morgan fingerprint density at radius 1 is 1.21 bits per heavy atom. The van der Waals surface area contributed by atoms with Gasteiger partial charge in [0.1, 0.15) is 11.3 Å². The number of nitro groups is 1. The number of alkyl carbamates (subject to hydrolysis) is 1. The Labute approximate surface area is 165 Å². The van der Waals surface area contributed by atoms with E-state index in [9.17, 15) is 19.7 Å². The molecule has 0 saturated carbocycles. The first-order valence-corrected chi connectivity index (χ1v) is 8.96. The first-order chi connectivity index (χ1) is 13.0. The molecule has 4 N–H and O–H groups in total. The number of nitro benzene ring substituents is 1. The topological polar surface area (TPSA) is 137 Å². The lowest BCUT2D eigenvalue weighted by molar-refractivity contribution is -0.384. The zero-order valence-corrected chi connectivity index (χ0v) is 17.3. The highest BCUT2D eigenvalue weighted by atomic mass is 16.6. The Bertz CT molecular complexity index is 724. The van der Waals surface area contributed by atoms with Crippen LogP contribution in [0.5, 0.6) is 0 Å². The molecule has 0 unspecified atom stereocenters. The molecule has 0 fully saturated rings. The number of rotatable bonds is 7. The summed E-state index contributed by atoms with van der Waals surface area (Å²) in [6, 6.07) is 2.64. The van der Waals surface area contributed by atoms with E-state index >= 15 is 0 Å². The molecule has 0 spiro atoms. The highest BCUT2D eigenvalue weighted by Crippen LogP contribution is 2.29. The van der Waals surface area contributed by atoms with Gasteiger partial charge in [0, 0.05) is 24.7 Å². The molecule has 156 valence electrons. The van der Waals surface area contributed by atoms with E-state index in [1.807, 2.05) is 13.8 Å². The molecule has 0 atom stereocenters. The molecule has 0 aliphatic carbocycles. The van der Waals surface area contributed by atoms with Crippen LogP contribution < -0.4 is 16.4 Å². The number of anilines is 1. The molecule has 1 aromatic rings. The maximum Gasteiger partial charge on any atom is 0.407 e. The van der Waals surface area contributed by atoms with E-state index in [1.165, 1.54) is 6.07 Å². The van der Waals surface area contributed by atoms with Gasteiger partial charge in [-0.2, -0.15) is 0 Å². The Morgan fingerprint density at radius 2 is 1.79 bits per heavy atom. The molecule has 0 radical (unpaired) electrons. The third-order valence-electron chi connectivity index (χ3n) is 3.12. The third-order valence-corrected chi connectivity index (χ3v) is 3.12. The zero-order valence-electron chi connectivity index (χ0n) is 17.3. The van der Waals surface area contributed by atoms with Crippen molar-refractivity contribution in [2.45, 2.75) is 47.1 Å². The second-order valence-electron chi connectivity index (χ2n) is 6.54. The molecule has 9 heteroatoms. The average Bonchev–Trinajstić information content (AvgIpc) is 2.58. The fraction of sp³-hybridized carbons (Fsp3) is 0.474. The van der Waals surface area contributed by atoms with Crippen LogP contribution in [0.2, 0.25) is 0 Å². The molecule has 0 heterocycles. The van der Waals surface area contributed by atoms with Crippen LogP contribution in [0.3, 0.4) is 0 Å². The lowest BCUT2D eigenvalue weighted by atomic mass is 10.1. The van der Waals surface area contributed by atoms with Crippen molar-refractivity contribution in [2.24, 2.45) is 5.73 Å². The van der Waals surface area contributed by atoms with Crippen LogP contribution in [0.15, 0.2) is 24.3 Å². The molecular weight excluding hydrogens is 364 g/mol. The van der Waals surface area contributed by atoms with Crippen molar-refractivity contribution in [1.29, 1.82) is 0 Å².